The Morgan fingerprint density at radius 1 is 1.14 bits per heavy atom. The molecule has 3 aromatic rings. The van der Waals surface area contributed by atoms with Crippen LogP contribution in [-0.2, 0) is 13.1 Å². The third-order valence-electron chi connectivity index (χ3n) is 3.26. The van der Waals surface area contributed by atoms with Crippen molar-refractivity contribution in [3.63, 3.8) is 0 Å². The van der Waals surface area contributed by atoms with Crippen LogP contribution in [-0.4, -0.2) is 24.1 Å². The van der Waals surface area contributed by atoms with Crippen molar-refractivity contribution in [2.45, 2.75) is 20.0 Å². The predicted molar refractivity (Wildman–Crippen MR) is 82.5 cm³/mol. The monoisotopic (exact) mass is 347 g/mol. The third-order valence-corrected chi connectivity index (χ3v) is 3.93. The van der Waals surface area contributed by atoms with E-state index >= 15 is 0 Å². The summed E-state index contributed by atoms with van der Waals surface area (Å²) in [7, 11) is 0. The zero-order chi connectivity index (χ0) is 14.8. The van der Waals surface area contributed by atoms with Crippen LogP contribution in [0.15, 0.2) is 52.1 Å². The van der Waals surface area contributed by atoms with Gasteiger partial charge in [0.05, 0.1) is 28.6 Å². The lowest BCUT2D eigenvalue weighted by Gasteiger charge is -2.05. The van der Waals surface area contributed by atoms with Gasteiger partial charge in [-0.2, -0.15) is 10.2 Å². The van der Waals surface area contributed by atoms with Crippen molar-refractivity contribution >= 4 is 15.9 Å². The molecule has 0 radical (unpaired) electrons. The number of hydrogen-bond donors (Lipinski definition) is 0. The minimum Gasteiger partial charge on any atom is -0.267 e. The van der Waals surface area contributed by atoms with Crippen LogP contribution in [0.25, 0.3) is 5.69 Å². The molecular weight excluding hydrogens is 334 g/mol. The van der Waals surface area contributed by atoms with Crippen LogP contribution in [0.2, 0.25) is 0 Å². The highest BCUT2D eigenvalue weighted by Gasteiger charge is 2.12. The maximum absolute atomic E-state index is 12.4. The molecule has 0 unspecified atom stereocenters. The van der Waals surface area contributed by atoms with Gasteiger partial charge in [0.25, 0.3) is 0 Å². The second kappa shape index (κ2) is 5.69. The number of aromatic nitrogens is 5. The average molecular weight is 348 g/mol. The van der Waals surface area contributed by atoms with Gasteiger partial charge in [-0.25, -0.2) is 14.0 Å². The van der Waals surface area contributed by atoms with E-state index in [1.807, 2.05) is 41.9 Å². The van der Waals surface area contributed by atoms with Gasteiger partial charge >= 0.3 is 5.69 Å². The van der Waals surface area contributed by atoms with Crippen molar-refractivity contribution in [1.29, 1.82) is 0 Å². The largest absolute Gasteiger partial charge is 0.350 e. The first-order valence-corrected chi connectivity index (χ1v) is 7.40. The van der Waals surface area contributed by atoms with Crippen LogP contribution in [0.5, 0.6) is 0 Å². The van der Waals surface area contributed by atoms with Crippen LogP contribution < -0.4 is 5.69 Å². The Kier molecular flexibility index (Phi) is 3.74. The summed E-state index contributed by atoms with van der Waals surface area (Å²) in [5.41, 5.74) is 1.56. The molecule has 108 valence electrons. The number of rotatable bonds is 4. The summed E-state index contributed by atoms with van der Waals surface area (Å²) >= 11 is 3.46. The fraction of sp³-hybridized carbons (Fsp3) is 0.214. The number of benzene rings is 1. The molecule has 2 heterocycles. The summed E-state index contributed by atoms with van der Waals surface area (Å²) in [6.45, 7) is 3.14. The van der Waals surface area contributed by atoms with Gasteiger partial charge < -0.3 is 0 Å². The van der Waals surface area contributed by atoms with Crippen molar-refractivity contribution in [3.05, 3.63) is 63.5 Å². The molecule has 0 aliphatic rings. The molecule has 0 atom stereocenters. The second-order valence-electron chi connectivity index (χ2n) is 4.53. The van der Waals surface area contributed by atoms with E-state index in [0.29, 0.717) is 6.54 Å². The lowest BCUT2D eigenvalue weighted by atomic mass is 10.3. The maximum Gasteiger partial charge on any atom is 0.350 e. The Morgan fingerprint density at radius 3 is 2.62 bits per heavy atom. The van der Waals surface area contributed by atoms with Crippen LogP contribution in [0.4, 0.5) is 0 Å². The van der Waals surface area contributed by atoms with E-state index in [-0.39, 0.29) is 5.69 Å². The average Bonchev–Trinajstić information content (AvgIpc) is 3.05. The van der Waals surface area contributed by atoms with E-state index < -0.39 is 0 Å². The molecule has 1 aromatic carbocycles. The molecule has 0 fully saturated rings. The van der Waals surface area contributed by atoms with Gasteiger partial charge in [0, 0.05) is 6.54 Å². The standard InChI is InChI=1S/C14H14BrN5O/c1-2-19-13(12(15)8-16-19)9-20-14(21)18(10-17-20)11-6-4-3-5-7-11/h3-8,10H,2,9H2,1H3. The lowest BCUT2D eigenvalue weighted by molar-refractivity contribution is 0.564. The van der Waals surface area contributed by atoms with E-state index in [4.69, 9.17) is 0 Å². The van der Waals surface area contributed by atoms with Gasteiger partial charge in [0.15, 0.2) is 0 Å². The highest BCUT2D eigenvalue weighted by molar-refractivity contribution is 9.10. The van der Waals surface area contributed by atoms with Gasteiger partial charge in [-0.3, -0.25) is 4.68 Å². The zero-order valence-corrected chi connectivity index (χ0v) is 13.1. The topological polar surface area (TPSA) is 57.6 Å². The Morgan fingerprint density at radius 2 is 1.90 bits per heavy atom. The fourth-order valence-electron chi connectivity index (χ4n) is 2.17. The molecule has 2 aromatic heterocycles. The SMILES string of the molecule is CCn1ncc(Br)c1Cn1ncn(-c2ccccc2)c1=O. The number of nitrogens with zero attached hydrogens (tertiary/aromatic N) is 5. The molecule has 7 heteroatoms. The predicted octanol–water partition coefficient (Wildman–Crippen LogP) is 2.06. The number of aryl methyl sites for hydroxylation is 1. The summed E-state index contributed by atoms with van der Waals surface area (Å²) in [5.74, 6) is 0. The van der Waals surface area contributed by atoms with Gasteiger partial charge in [-0.15, -0.1) is 0 Å². The Hall–Kier alpha value is -2.15. The third kappa shape index (κ3) is 2.56. The van der Waals surface area contributed by atoms with E-state index in [2.05, 4.69) is 26.1 Å². The molecule has 0 aliphatic carbocycles. The summed E-state index contributed by atoms with van der Waals surface area (Å²) in [5, 5.41) is 8.43. The highest BCUT2D eigenvalue weighted by Crippen LogP contribution is 2.16. The van der Waals surface area contributed by atoms with Crippen LogP contribution in [0, 0.1) is 0 Å². The smallest absolute Gasteiger partial charge is 0.267 e. The summed E-state index contributed by atoms with van der Waals surface area (Å²) in [6.07, 6.45) is 3.27. The number of para-hydroxylation sites is 1. The van der Waals surface area contributed by atoms with Crippen molar-refractivity contribution in [2.75, 3.05) is 0 Å². The molecule has 0 N–H and O–H groups in total. The Bertz CT molecular complexity index is 802. The van der Waals surface area contributed by atoms with E-state index in [1.165, 1.54) is 15.6 Å². The molecule has 0 amide bonds. The Balaban J connectivity index is 1.97. The fourth-order valence-corrected chi connectivity index (χ4v) is 2.59. The van der Waals surface area contributed by atoms with Crippen molar-refractivity contribution in [3.8, 4) is 5.69 Å². The molecule has 0 saturated heterocycles. The lowest BCUT2D eigenvalue weighted by Crippen LogP contribution is -2.25. The number of hydrogen-bond acceptors (Lipinski definition) is 3. The first kappa shape index (κ1) is 13.8. The zero-order valence-electron chi connectivity index (χ0n) is 11.5. The minimum absolute atomic E-state index is 0.169. The van der Waals surface area contributed by atoms with Gasteiger partial charge in [0.1, 0.15) is 6.33 Å². The highest BCUT2D eigenvalue weighted by atomic mass is 79.9. The molecule has 0 bridgehead atoms. The molecule has 0 aliphatic heterocycles. The first-order chi connectivity index (χ1) is 10.2. The molecular formula is C14H14BrN5O. The van der Waals surface area contributed by atoms with E-state index in [1.54, 1.807) is 6.20 Å². The van der Waals surface area contributed by atoms with E-state index in [0.717, 1.165) is 22.4 Å². The normalized spacial score (nSPS) is 11.0. The van der Waals surface area contributed by atoms with Crippen LogP contribution in [0.1, 0.15) is 12.6 Å². The summed E-state index contributed by atoms with van der Waals surface area (Å²) < 4.78 is 5.69. The van der Waals surface area contributed by atoms with Gasteiger partial charge in [-0.05, 0) is 35.0 Å². The van der Waals surface area contributed by atoms with Gasteiger partial charge in [0.2, 0.25) is 0 Å². The molecule has 6 nitrogen and oxygen atoms in total. The number of halogens is 1. The van der Waals surface area contributed by atoms with Crippen molar-refractivity contribution in [2.24, 2.45) is 0 Å². The first-order valence-electron chi connectivity index (χ1n) is 6.60. The maximum atomic E-state index is 12.4. The quantitative estimate of drug-likeness (QED) is 0.725. The molecule has 21 heavy (non-hydrogen) atoms. The molecule has 3 rings (SSSR count). The second-order valence-corrected chi connectivity index (χ2v) is 5.39. The Labute approximate surface area is 129 Å². The van der Waals surface area contributed by atoms with Crippen molar-refractivity contribution in [1.82, 2.24) is 24.1 Å². The summed E-state index contributed by atoms with van der Waals surface area (Å²) in [6, 6.07) is 9.44. The molecule has 0 saturated carbocycles. The molecule has 0 spiro atoms. The van der Waals surface area contributed by atoms with Crippen LogP contribution in [0.3, 0.4) is 0 Å². The van der Waals surface area contributed by atoms with Gasteiger partial charge in [-0.1, -0.05) is 18.2 Å². The van der Waals surface area contributed by atoms with Crippen LogP contribution >= 0.6 is 15.9 Å². The van der Waals surface area contributed by atoms with Crippen molar-refractivity contribution < 1.29 is 0 Å². The minimum atomic E-state index is -0.169. The summed E-state index contributed by atoms with van der Waals surface area (Å²) in [4.78, 5) is 12.4. The van der Waals surface area contributed by atoms with E-state index in [9.17, 15) is 4.79 Å².